The highest BCUT2D eigenvalue weighted by Crippen LogP contribution is 2.25. The van der Waals surface area contributed by atoms with Crippen LogP contribution in [0.2, 0.25) is 0 Å². The normalized spacial score (nSPS) is 18.1. The van der Waals surface area contributed by atoms with Crippen molar-refractivity contribution in [2.45, 2.75) is 25.1 Å². The lowest BCUT2D eigenvalue weighted by molar-refractivity contribution is 0.100. The second kappa shape index (κ2) is 9.34. The number of piperidine rings is 1. The molecule has 0 aliphatic carbocycles. The molecular formula is C22H21FN8O. The number of hydrogen-bond acceptors (Lipinski definition) is 8. The van der Waals surface area contributed by atoms with Gasteiger partial charge in [0.05, 0.1) is 29.4 Å². The fourth-order valence-electron chi connectivity index (χ4n) is 3.63. The molecule has 0 bridgehead atoms. The number of rotatable bonds is 6. The van der Waals surface area contributed by atoms with Crippen molar-refractivity contribution < 1.29 is 9.18 Å². The molecule has 1 aliphatic heterocycles. The zero-order valence-corrected chi connectivity index (χ0v) is 17.1. The number of nitrogens with one attached hydrogen (secondary N) is 1. The van der Waals surface area contributed by atoms with Crippen LogP contribution in [-0.4, -0.2) is 51.1 Å². The van der Waals surface area contributed by atoms with Crippen LogP contribution in [0.3, 0.4) is 0 Å². The molecule has 1 aliphatic rings. The second-order valence-electron chi connectivity index (χ2n) is 7.48. The number of nitrogens with two attached hydrogens (primary N) is 1. The molecule has 2 atom stereocenters. The van der Waals surface area contributed by atoms with Crippen LogP contribution in [-0.2, 0) is 6.42 Å². The number of primary amides is 1. The Morgan fingerprint density at radius 2 is 2.12 bits per heavy atom. The summed E-state index contributed by atoms with van der Waals surface area (Å²) in [5.74, 6) is -0.0119. The second-order valence-corrected chi connectivity index (χ2v) is 7.48. The van der Waals surface area contributed by atoms with Crippen LogP contribution in [0.25, 0.3) is 0 Å². The average Bonchev–Trinajstić information content (AvgIpc) is 2.81. The molecule has 0 radical (unpaired) electrons. The third-order valence-electron chi connectivity index (χ3n) is 5.31. The van der Waals surface area contributed by atoms with Gasteiger partial charge in [-0.25, -0.2) is 19.3 Å². The summed E-state index contributed by atoms with van der Waals surface area (Å²) in [6, 6.07) is 8.38. The fourth-order valence-corrected chi connectivity index (χ4v) is 3.63. The van der Waals surface area contributed by atoms with Gasteiger partial charge in [-0.1, -0.05) is 0 Å². The number of anilines is 2. The van der Waals surface area contributed by atoms with Gasteiger partial charge in [-0.15, -0.1) is 0 Å². The van der Waals surface area contributed by atoms with Gasteiger partial charge in [0.2, 0.25) is 0 Å². The maximum absolute atomic E-state index is 15.1. The Morgan fingerprint density at radius 3 is 2.78 bits per heavy atom. The van der Waals surface area contributed by atoms with E-state index in [1.54, 1.807) is 30.5 Å². The number of carbonyl (C=O) groups is 1. The number of alkyl halides is 1. The van der Waals surface area contributed by atoms with Crippen LogP contribution >= 0.6 is 0 Å². The van der Waals surface area contributed by atoms with E-state index in [1.165, 1.54) is 18.7 Å². The summed E-state index contributed by atoms with van der Waals surface area (Å²) < 4.78 is 15.1. The third kappa shape index (κ3) is 4.78. The van der Waals surface area contributed by atoms with E-state index < -0.39 is 18.1 Å². The molecule has 4 rings (SSSR count). The van der Waals surface area contributed by atoms with Crippen molar-refractivity contribution in [3.05, 3.63) is 71.7 Å². The molecule has 162 valence electrons. The molecule has 9 nitrogen and oxygen atoms in total. The summed E-state index contributed by atoms with van der Waals surface area (Å²) in [4.78, 5) is 30.4. The molecule has 1 amide bonds. The number of nitriles is 1. The lowest BCUT2D eigenvalue weighted by Gasteiger charge is -2.36. The molecule has 1 fully saturated rings. The predicted molar refractivity (Wildman–Crippen MR) is 116 cm³/mol. The molecule has 0 saturated carbocycles. The lowest BCUT2D eigenvalue weighted by Crippen LogP contribution is -2.48. The molecule has 0 unspecified atom stereocenters. The highest BCUT2D eigenvalue weighted by atomic mass is 19.1. The highest BCUT2D eigenvalue weighted by molar-refractivity contribution is 5.98. The molecular weight excluding hydrogens is 411 g/mol. The van der Waals surface area contributed by atoms with E-state index in [0.717, 1.165) is 5.69 Å². The molecule has 32 heavy (non-hydrogen) atoms. The Morgan fingerprint density at radius 1 is 1.25 bits per heavy atom. The van der Waals surface area contributed by atoms with Crippen molar-refractivity contribution in [3.63, 3.8) is 0 Å². The standard InChI is InChI=1S/C22H21FN8O/c23-18-12-31(21-2-1-14(9-24)10-28-21)6-4-19(18)30-20-8-16(27-11-17(20)22(25)32)7-15-3-5-26-13-29-15/h1-3,5,8,10-11,13,18-19H,4,6-7,12H2,(H2,25,32)(H,27,30)/t18-,19+/m0/s1. The molecule has 3 aromatic rings. The fraction of sp³-hybridized carbons (Fsp3) is 0.273. The summed E-state index contributed by atoms with van der Waals surface area (Å²) in [5.41, 5.74) is 8.07. The Balaban J connectivity index is 1.48. The zero-order valence-electron chi connectivity index (χ0n) is 17.1. The number of halogens is 1. The van der Waals surface area contributed by atoms with E-state index in [4.69, 9.17) is 11.0 Å². The number of pyridine rings is 2. The van der Waals surface area contributed by atoms with Crippen molar-refractivity contribution in [3.8, 4) is 6.07 Å². The van der Waals surface area contributed by atoms with Crippen LogP contribution < -0.4 is 16.0 Å². The monoisotopic (exact) mass is 432 g/mol. The van der Waals surface area contributed by atoms with E-state index in [9.17, 15) is 4.79 Å². The largest absolute Gasteiger partial charge is 0.378 e. The van der Waals surface area contributed by atoms with E-state index in [2.05, 4.69) is 25.3 Å². The van der Waals surface area contributed by atoms with Crippen LogP contribution in [0, 0.1) is 11.3 Å². The van der Waals surface area contributed by atoms with Gasteiger partial charge in [-0.05, 0) is 30.7 Å². The summed E-state index contributed by atoms with van der Waals surface area (Å²) in [6.45, 7) is 0.711. The minimum Gasteiger partial charge on any atom is -0.378 e. The molecule has 0 aromatic carbocycles. The smallest absolute Gasteiger partial charge is 0.252 e. The van der Waals surface area contributed by atoms with Gasteiger partial charge < -0.3 is 16.0 Å². The number of amides is 1. The summed E-state index contributed by atoms with van der Waals surface area (Å²) >= 11 is 0. The first-order valence-corrected chi connectivity index (χ1v) is 10.1. The third-order valence-corrected chi connectivity index (χ3v) is 5.31. The van der Waals surface area contributed by atoms with E-state index in [0.29, 0.717) is 42.1 Å². The van der Waals surface area contributed by atoms with E-state index in [1.807, 2.05) is 11.0 Å². The minimum absolute atomic E-state index is 0.140. The van der Waals surface area contributed by atoms with Crippen molar-refractivity contribution in [1.82, 2.24) is 19.9 Å². The van der Waals surface area contributed by atoms with Gasteiger partial charge in [0.1, 0.15) is 24.4 Å². The number of carbonyl (C=O) groups excluding carboxylic acids is 1. The molecule has 4 heterocycles. The number of aromatic nitrogens is 4. The maximum Gasteiger partial charge on any atom is 0.252 e. The van der Waals surface area contributed by atoms with Crippen LogP contribution in [0.4, 0.5) is 15.9 Å². The Kier molecular flexibility index (Phi) is 6.17. The average molecular weight is 432 g/mol. The molecule has 3 N–H and O–H groups in total. The number of nitrogens with zero attached hydrogens (tertiary/aromatic N) is 6. The van der Waals surface area contributed by atoms with Gasteiger partial charge in [-0.2, -0.15) is 5.26 Å². The van der Waals surface area contributed by atoms with E-state index >= 15 is 4.39 Å². The number of hydrogen-bond donors (Lipinski definition) is 2. The lowest BCUT2D eigenvalue weighted by atomic mass is 10.0. The molecule has 3 aromatic heterocycles. The molecule has 1 saturated heterocycles. The van der Waals surface area contributed by atoms with Gasteiger partial charge in [0.15, 0.2) is 0 Å². The van der Waals surface area contributed by atoms with E-state index in [-0.39, 0.29) is 12.1 Å². The van der Waals surface area contributed by atoms with Gasteiger partial charge in [0, 0.05) is 42.9 Å². The first-order valence-electron chi connectivity index (χ1n) is 10.1. The van der Waals surface area contributed by atoms with Crippen LogP contribution in [0.15, 0.2) is 49.2 Å². The Hall–Kier alpha value is -4.13. The highest BCUT2D eigenvalue weighted by Gasteiger charge is 2.30. The van der Waals surface area contributed by atoms with Crippen molar-refractivity contribution >= 4 is 17.4 Å². The summed E-state index contributed by atoms with van der Waals surface area (Å²) in [5, 5.41) is 12.1. The SMILES string of the molecule is N#Cc1ccc(N2CC[C@@H](Nc3cc(Cc4ccncn4)ncc3C(N)=O)[C@@H](F)C2)nc1. The summed E-state index contributed by atoms with van der Waals surface area (Å²) in [7, 11) is 0. The predicted octanol–water partition coefficient (Wildman–Crippen LogP) is 1.86. The molecule has 10 heteroatoms. The topological polar surface area (TPSA) is 134 Å². The first-order chi connectivity index (χ1) is 15.5. The van der Waals surface area contributed by atoms with Gasteiger partial charge in [0.25, 0.3) is 5.91 Å². The van der Waals surface area contributed by atoms with Gasteiger partial charge in [-0.3, -0.25) is 9.78 Å². The Labute approximate surface area is 184 Å². The Bertz CT molecular complexity index is 1130. The van der Waals surface area contributed by atoms with Crippen molar-refractivity contribution in [2.24, 2.45) is 5.73 Å². The maximum atomic E-state index is 15.1. The van der Waals surface area contributed by atoms with Crippen LogP contribution in [0.1, 0.15) is 33.7 Å². The van der Waals surface area contributed by atoms with Crippen molar-refractivity contribution in [1.29, 1.82) is 5.26 Å². The summed E-state index contributed by atoms with van der Waals surface area (Å²) in [6.07, 6.45) is 5.70. The minimum atomic E-state index is -1.21. The zero-order chi connectivity index (χ0) is 22.5. The quantitative estimate of drug-likeness (QED) is 0.603. The first kappa shape index (κ1) is 21.1. The molecule has 0 spiro atoms. The van der Waals surface area contributed by atoms with Crippen molar-refractivity contribution in [2.75, 3.05) is 23.3 Å². The van der Waals surface area contributed by atoms with Crippen LogP contribution in [0.5, 0.6) is 0 Å². The van der Waals surface area contributed by atoms with Gasteiger partial charge >= 0.3 is 0 Å².